The van der Waals surface area contributed by atoms with Crippen LogP contribution in [-0.4, -0.2) is 22.3 Å². The average molecular weight is 241 g/mol. The second kappa shape index (κ2) is 5.46. The zero-order chi connectivity index (χ0) is 11.4. The summed E-state index contributed by atoms with van der Waals surface area (Å²) < 4.78 is 0. The van der Waals surface area contributed by atoms with E-state index in [1.54, 1.807) is 6.07 Å². The predicted octanol–water partition coefficient (Wildman–Crippen LogP) is 2.20. The lowest BCUT2D eigenvalue weighted by atomic mass is 10.0. The Labute approximate surface area is 101 Å². The van der Waals surface area contributed by atoms with Gasteiger partial charge in [0, 0.05) is 12.1 Å². The first-order valence-electron chi connectivity index (χ1n) is 5.77. The van der Waals surface area contributed by atoms with E-state index < -0.39 is 0 Å². The maximum atomic E-state index is 6.12. The van der Waals surface area contributed by atoms with Crippen LogP contribution in [0.4, 0.5) is 5.82 Å². The number of aromatic nitrogens is 2. The van der Waals surface area contributed by atoms with Crippen LogP contribution in [0.15, 0.2) is 12.1 Å². The molecule has 0 saturated heterocycles. The van der Waals surface area contributed by atoms with Crippen molar-refractivity contribution in [3.63, 3.8) is 0 Å². The van der Waals surface area contributed by atoms with E-state index >= 15 is 0 Å². The van der Waals surface area contributed by atoms with Crippen molar-refractivity contribution in [2.24, 2.45) is 5.73 Å². The summed E-state index contributed by atoms with van der Waals surface area (Å²) >= 11 is 5.68. The molecule has 0 aliphatic heterocycles. The summed E-state index contributed by atoms with van der Waals surface area (Å²) in [5, 5.41) is 11.5. The molecule has 2 atom stereocenters. The van der Waals surface area contributed by atoms with E-state index in [0.717, 1.165) is 18.7 Å². The van der Waals surface area contributed by atoms with Crippen molar-refractivity contribution in [2.45, 2.75) is 44.2 Å². The van der Waals surface area contributed by atoms with Gasteiger partial charge < -0.3 is 11.1 Å². The lowest BCUT2D eigenvalue weighted by Crippen LogP contribution is -2.39. The quantitative estimate of drug-likeness (QED) is 0.778. The van der Waals surface area contributed by atoms with Crippen molar-refractivity contribution in [1.82, 2.24) is 10.2 Å². The minimum absolute atomic E-state index is 0.208. The Morgan fingerprint density at radius 1 is 1.19 bits per heavy atom. The molecular formula is C11H17ClN4. The molecule has 0 radical (unpaired) electrons. The van der Waals surface area contributed by atoms with Crippen molar-refractivity contribution >= 4 is 17.4 Å². The summed E-state index contributed by atoms with van der Waals surface area (Å²) in [4.78, 5) is 0. The van der Waals surface area contributed by atoms with Gasteiger partial charge in [0.1, 0.15) is 5.82 Å². The van der Waals surface area contributed by atoms with Crippen LogP contribution < -0.4 is 11.1 Å². The van der Waals surface area contributed by atoms with Crippen molar-refractivity contribution < 1.29 is 0 Å². The number of hydrogen-bond acceptors (Lipinski definition) is 4. The van der Waals surface area contributed by atoms with Crippen LogP contribution in [0.25, 0.3) is 0 Å². The molecule has 1 saturated carbocycles. The summed E-state index contributed by atoms with van der Waals surface area (Å²) in [5.74, 6) is 0.756. The van der Waals surface area contributed by atoms with E-state index in [1.807, 2.05) is 6.07 Å². The molecule has 0 spiro atoms. The summed E-state index contributed by atoms with van der Waals surface area (Å²) in [6.07, 6.45) is 5.92. The zero-order valence-corrected chi connectivity index (χ0v) is 9.95. The molecule has 1 aliphatic rings. The number of rotatable bonds is 2. The number of halogens is 1. The first-order chi connectivity index (χ1) is 7.75. The number of hydrogen-bond donors (Lipinski definition) is 2. The standard InChI is InChI=1S/C11H17ClN4/c12-10-6-7-11(16-15-10)14-9-5-3-1-2-4-8(9)13/h6-9H,1-5,13H2,(H,14,16). The first kappa shape index (κ1) is 11.6. The fourth-order valence-corrected chi connectivity index (χ4v) is 2.20. The Kier molecular flexibility index (Phi) is 3.96. The first-order valence-corrected chi connectivity index (χ1v) is 6.15. The molecule has 1 fully saturated rings. The Bertz CT molecular complexity index is 327. The number of anilines is 1. The Hall–Kier alpha value is -0.870. The minimum Gasteiger partial charge on any atom is -0.364 e. The third-order valence-electron chi connectivity index (χ3n) is 3.03. The Morgan fingerprint density at radius 3 is 2.75 bits per heavy atom. The molecule has 16 heavy (non-hydrogen) atoms. The monoisotopic (exact) mass is 240 g/mol. The minimum atomic E-state index is 0.208. The van der Waals surface area contributed by atoms with Crippen LogP contribution in [0.2, 0.25) is 5.15 Å². The van der Waals surface area contributed by atoms with Crippen LogP contribution >= 0.6 is 11.6 Å². The lowest BCUT2D eigenvalue weighted by molar-refractivity contribution is 0.526. The van der Waals surface area contributed by atoms with Gasteiger partial charge in [-0.05, 0) is 25.0 Å². The highest BCUT2D eigenvalue weighted by Gasteiger charge is 2.20. The topological polar surface area (TPSA) is 63.8 Å². The summed E-state index contributed by atoms with van der Waals surface area (Å²) in [6.45, 7) is 0. The van der Waals surface area contributed by atoms with Crippen LogP contribution in [0.3, 0.4) is 0 Å². The summed E-state index contributed by atoms with van der Waals surface area (Å²) in [5.41, 5.74) is 6.12. The fourth-order valence-electron chi connectivity index (χ4n) is 2.10. The van der Waals surface area contributed by atoms with Gasteiger partial charge in [0.05, 0.1) is 0 Å². The van der Waals surface area contributed by atoms with Gasteiger partial charge in [-0.1, -0.05) is 30.9 Å². The van der Waals surface area contributed by atoms with Gasteiger partial charge in [-0.25, -0.2) is 0 Å². The number of nitrogens with two attached hydrogens (primary N) is 1. The van der Waals surface area contributed by atoms with E-state index in [1.165, 1.54) is 19.3 Å². The third-order valence-corrected chi connectivity index (χ3v) is 3.24. The van der Waals surface area contributed by atoms with Crippen molar-refractivity contribution in [3.8, 4) is 0 Å². The van der Waals surface area contributed by atoms with Gasteiger partial charge in [0.25, 0.3) is 0 Å². The van der Waals surface area contributed by atoms with Gasteiger partial charge in [-0.3, -0.25) is 0 Å². The maximum Gasteiger partial charge on any atom is 0.151 e. The Morgan fingerprint density at radius 2 is 2.00 bits per heavy atom. The molecule has 0 bridgehead atoms. The molecule has 1 heterocycles. The smallest absolute Gasteiger partial charge is 0.151 e. The van der Waals surface area contributed by atoms with Crippen LogP contribution in [0.5, 0.6) is 0 Å². The van der Waals surface area contributed by atoms with E-state index in [2.05, 4.69) is 15.5 Å². The zero-order valence-electron chi connectivity index (χ0n) is 9.19. The molecule has 2 unspecified atom stereocenters. The van der Waals surface area contributed by atoms with Gasteiger partial charge in [-0.15, -0.1) is 10.2 Å². The lowest BCUT2D eigenvalue weighted by Gasteiger charge is -2.22. The molecule has 3 N–H and O–H groups in total. The van der Waals surface area contributed by atoms with Crippen LogP contribution in [-0.2, 0) is 0 Å². The van der Waals surface area contributed by atoms with E-state index in [0.29, 0.717) is 11.2 Å². The maximum absolute atomic E-state index is 6.12. The highest BCUT2D eigenvalue weighted by molar-refractivity contribution is 6.29. The number of nitrogens with zero attached hydrogens (tertiary/aromatic N) is 2. The molecule has 0 aromatic carbocycles. The van der Waals surface area contributed by atoms with E-state index in [-0.39, 0.29) is 6.04 Å². The molecular weight excluding hydrogens is 224 g/mol. The van der Waals surface area contributed by atoms with Gasteiger partial charge in [-0.2, -0.15) is 0 Å². The summed E-state index contributed by atoms with van der Waals surface area (Å²) in [7, 11) is 0. The van der Waals surface area contributed by atoms with Gasteiger partial charge in [0.15, 0.2) is 5.15 Å². The Balaban J connectivity index is 1.99. The highest BCUT2D eigenvalue weighted by Crippen LogP contribution is 2.19. The van der Waals surface area contributed by atoms with E-state index in [9.17, 15) is 0 Å². The molecule has 0 amide bonds. The average Bonchev–Trinajstić information content (AvgIpc) is 2.48. The van der Waals surface area contributed by atoms with E-state index in [4.69, 9.17) is 17.3 Å². The fraction of sp³-hybridized carbons (Fsp3) is 0.636. The molecule has 4 nitrogen and oxygen atoms in total. The third kappa shape index (κ3) is 3.06. The second-order valence-electron chi connectivity index (χ2n) is 4.29. The number of nitrogens with one attached hydrogen (secondary N) is 1. The van der Waals surface area contributed by atoms with Crippen molar-refractivity contribution in [1.29, 1.82) is 0 Å². The van der Waals surface area contributed by atoms with Crippen LogP contribution in [0, 0.1) is 0 Å². The molecule has 5 heteroatoms. The molecule has 1 aliphatic carbocycles. The molecule has 1 aromatic heterocycles. The molecule has 2 rings (SSSR count). The highest BCUT2D eigenvalue weighted by atomic mass is 35.5. The van der Waals surface area contributed by atoms with Gasteiger partial charge in [0.2, 0.25) is 0 Å². The molecule has 1 aromatic rings. The molecule has 88 valence electrons. The van der Waals surface area contributed by atoms with Crippen LogP contribution in [0.1, 0.15) is 32.1 Å². The summed E-state index contributed by atoms with van der Waals surface area (Å²) in [6, 6.07) is 4.09. The largest absolute Gasteiger partial charge is 0.364 e. The predicted molar refractivity (Wildman–Crippen MR) is 65.5 cm³/mol. The second-order valence-corrected chi connectivity index (χ2v) is 4.68. The van der Waals surface area contributed by atoms with Crippen molar-refractivity contribution in [3.05, 3.63) is 17.3 Å². The SMILES string of the molecule is NC1CCCCCC1Nc1ccc(Cl)nn1. The van der Waals surface area contributed by atoms with Crippen molar-refractivity contribution in [2.75, 3.05) is 5.32 Å². The normalized spacial score (nSPS) is 26.1. The van der Waals surface area contributed by atoms with Gasteiger partial charge >= 0.3 is 0 Å².